The van der Waals surface area contributed by atoms with Gasteiger partial charge in [0.05, 0.1) is 16.7 Å². The Bertz CT molecular complexity index is 959. The summed E-state index contributed by atoms with van der Waals surface area (Å²) in [5, 5.41) is 8.98. The molecule has 2 aromatic carbocycles. The molecule has 2 aromatic rings. The van der Waals surface area contributed by atoms with E-state index in [1.54, 1.807) is 36.4 Å². The molecule has 6 nitrogen and oxygen atoms in total. The maximum absolute atomic E-state index is 12.4. The van der Waals surface area contributed by atoms with Gasteiger partial charge in [0.1, 0.15) is 0 Å². The fourth-order valence-electron chi connectivity index (χ4n) is 3.83. The summed E-state index contributed by atoms with van der Waals surface area (Å²) in [6.45, 7) is 2.88. The van der Waals surface area contributed by atoms with Gasteiger partial charge in [0.15, 0.2) is 0 Å². The van der Waals surface area contributed by atoms with E-state index < -0.39 is 5.97 Å². The van der Waals surface area contributed by atoms with Crippen molar-refractivity contribution in [3.8, 4) is 0 Å². The Labute approximate surface area is 169 Å². The lowest BCUT2D eigenvalue weighted by Crippen LogP contribution is -2.32. The Morgan fingerprint density at radius 3 is 2.17 bits per heavy atom. The van der Waals surface area contributed by atoms with E-state index in [1.165, 1.54) is 10.5 Å². The van der Waals surface area contributed by atoms with Gasteiger partial charge in [-0.1, -0.05) is 35.9 Å². The number of imide groups is 1. The molecule has 0 spiro atoms. The number of rotatable bonds is 6. The molecule has 0 saturated carbocycles. The van der Waals surface area contributed by atoms with E-state index in [4.69, 9.17) is 5.11 Å². The number of carboxylic acids is 1. The molecule has 1 N–H and O–H groups in total. The van der Waals surface area contributed by atoms with Crippen LogP contribution in [0.3, 0.4) is 0 Å². The van der Waals surface area contributed by atoms with Gasteiger partial charge in [-0.25, -0.2) is 4.79 Å². The Kier molecular flexibility index (Phi) is 5.27. The highest BCUT2D eigenvalue weighted by molar-refractivity contribution is 6.21. The van der Waals surface area contributed by atoms with Crippen molar-refractivity contribution in [1.82, 2.24) is 9.80 Å². The van der Waals surface area contributed by atoms with Crippen LogP contribution in [0.15, 0.2) is 60.2 Å². The summed E-state index contributed by atoms with van der Waals surface area (Å²) < 4.78 is 0. The molecule has 0 fully saturated rings. The summed E-state index contributed by atoms with van der Waals surface area (Å²) in [6, 6.07) is 13.9. The highest BCUT2D eigenvalue weighted by Gasteiger charge is 2.34. The predicted molar refractivity (Wildman–Crippen MR) is 108 cm³/mol. The van der Waals surface area contributed by atoms with Crippen molar-refractivity contribution in [2.45, 2.75) is 19.4 Å². The second-order valence-electron chi connectivity index (χ2n) is 7.41. The van der Waals surface area contributed by atoms with Gasteiger partial charge in [0.2, 0.25) is 0 Å². The zero-order chi connectivity index (χ0) is 20.4. The highest BCUT2D eigenvalue weighted by Crippen LogP contribution is 2.24. The summed E-state index contributed by atoms with van der Waals surface area (Å²) in [6.07, 6.45) is 3.77. The van der Waals surface area contributed by atoms with Gasteiger partial charge in [0, 0.05) is 26.2 Å². The number of amides is 2. The number of carbonyl (C=O) groups is 3. The number of hydrogen-bond donors (Lipinski definition) is 1. The molecule has 2 heterocycles. The van der Waals surface area contributed by atoms with Crippen molar-refractivity contribution in [2.75, 3.05) is 19.6 Å². The lowest BCUT2D eigenvalue weighted by Gasteiger charge is -2.27. The van der Waals surface area contributed by atoms with Crippen LogP contribution in [-0.2, 0) is 6.54 Å². The molecule has 2 aliphatic heterocycles. The van der Waals surface area contributed by atoms with Crippen LogP contribution in [-0.4, -0.2) is 52.3 Å². The van der Waals surface area contributed by atoms with Crippen LogP contribution < -0.4 is 0 Å². The molecule has 0 aliphatic carbocycles. The van der Waals surface area contributed by atoms with E-state index in [0.29, 0.717) is 29.7 Å². The lowest BCUT2D eigenvalue weighted by atomic mass is 10.0. The van der Waals surface area contributed by atoms with Crippen molar-refractivity contribution < 1.29 is 19.5 Å². The fourth-order valence-corrected chi connectivity index (χ4v) is 3.83. The molecular weight excluding hydrogens is 368 g/mol. The van der Waals surface area contributed by atoms with Gasteiger partial charge in [0.25, 0.3) is 11.8 Å². The van der Waals surface area contributed by atoms with Gasteiger partial charge in [-0.3, -0.25) is 19.4 Å². The number of carbonyl (C=O) groups excluding carboxylic acids is 2. The predicted octanol–water partition coefficient (Wildman–Crippen LogP) is 3.20. The van der Waals surface area contributed by atoms with Crippen LogP contribution in [0.1, 0.15) is 49.5 Å². The molecule has 0 unspecified atom stereocenters. The van der Waals surface area contributed by atoms with Gasteiger partial charge < -0.3 is 5.11 Å². The number of fused-ring (bicyclic) bond motifs is 1. The molecule has 0 atom stereocenters. The van der Waals surface area contributed by atoms with E-state index in [2.05, 4.69) is 11.0 Å². The quantitative estimate of drug-likeness (QED) is 0.605. The molecule has 2 amide bonds. The molecule has 2 aliphatic rings. The van der Waals surface area contributed by atoms with Crippen molar-refractivity contribution in [3.05, 3.63) is 82.4 Å². The highest BCUT2D eigenvalue weighted by atomic mass is 16.4. The second-order valence-corrected chi connectivity index (χ2v) is 7.41. The second kappa shape index (κ2) is 8.01. The van der Waals surface area contributed by atoms with Gasteiger partial charge in [-0.05, 0) is 42.7 Å². The van der Waals surface area contributed by atoms with Gasteiger partial charge in [-0.2, -0.15) is 0 Å². The molecule has 29 heavy (non-hydrogen) atoms. The first-order chi connectivity index (χ1) is 14.0. The zero-order valence-electron chi connectivity index (χ0n) is 16.0. The van der Waals surface area contributed by atoms with Gasteiger partial charge >= 0.3 is 5.97 Å². The Hall–Kier alpha value is -3.25. The lowest BCUT2D eigenvalue weighted by molar-refractivity contribution is 0.0651. The topological polar surface area (TPSA) is 77.9 Å². The SMILES string of the molecule is O=C(O)c1ccc(CN2CC=C(CCN3C(=O)c4ccccc4C3=O)CC2)cc1. The smallest absolute Gasteiger partial charge is 0.335 e. The normalized spacial score (nSPS) is 16.7. The molecule has 6 heteroatoms. The number of hydrogen-bond acceptors (Lipinski definition) is 4. The number of benzene rings is 2. The summed E-state index contributed by atoms with van der Waals surface area (Å²) >= 11 is 0. The van der Waals surface area contributed by atoms with E-state index in [0.717, 1.165) is 31.6 Å². The number of aromatic carboxylic acids is 1. The first kappa shape index (κ1) is 19.1. The van der Waals surface area contributed by atoms with Crippen LogP contribution in [0.25, 0.3) is 0 Å². The van der Waals surface area contributed by atoms with E-state index in [9.17, 15) is 14.4 Å². The molecule has 148 valence electrons. The van der Waals surface area contributed by atoms with Crippen molar-refractivity contribution in [2.24, 2.45) is 0 Å². The third-order valence-electron chi connectivity index (χ3n) is 5.53. The number of carboxylic acid groups (broad SMARTS) is 1. The van der Waals surface area contributed by atoms with Crippen LogP contribution in [0.4, 0.5) is 0 Å². The Morgan fingerprint density at radius 1 is 0.966 bits per heavy atom. The van der Waals surface area contributed by atoms with Crippen LogP contribution in [0.5, 0.6) is 0 Å². The van der Waals surface area contributed by atoms with Crippen molar-refractivity contribution in [1.29, 1.82) is 0 Å². The maximum Gasteiger partial charge on any atom is 0.335 e. The van der Waals surface area contributed by atoms with Gasteiger partial charge in [-0.15, -0.1) is 0 Å². The Morgan fingerprint density at radius 2 is 1.62 bits per heavy atom. The van der Waals surface area contributed by atoms with Crippen molar-refractivity contribution >= 4 is 17.8 Å². The largest absolute Gasteiger partial charge is 0.478 e. The van der Waals surface area contributed by atoms with E-state index in [-0.39, 0.29) is 11.8 Å². The van der Waals surface area contributed by atoms with Crippen LogP contribution in [0, 0.1) is 0 Å². The zero-order valence-corrected chi connectivity index (χ0v) is 16.0. The average Bonchev–Trinajstić information content (AvgIpc) is 2.98. The minimum atomic E-state index is -0.917. The fraction of sp³-hybridized carbons (Fsp3) is 0.261. The summed E-state index contributed by atoms with van der Waals surface area (Å²) in [4.78, 5) is 39.5. The molecule has 0 radical (unpaired) electrons. The standard InChI is InChI=1S/C23H22N2O4/c26-21-19-3-1-2-4-20(19)22(27)25(21)14-11-16-9-12-24(13-10-16)15-17-5-7-18(8-6-17)23(28)29/h1-9H,10-15H2,(H,28,29). The molecular formula is C23H22N2O4. The van der Waals surface area contributed by atoms with E-state index >= 15 is 0 Å². The van der Waals surface area contributed by atoms with Crippen LogP contribution >= 0.6 is 0 Å². The van der Waals surface area contributed by atoms with Crippen molar-refractivity contribution in [3.63, 3.8) is 0 Å². The molecule has 0 saturated heterocycles. The molecule has 0 aromatic heterocycles. The Balaban J connectivity index is 1.30. The molecule has 0 bridgehead atoms. The first-order valence-corrected chi connectivity index (χ1v) is 9.70. The monoisotopic (exact) mass is 390 g/mol. The average molecular weight is 390 g/mol. The minimum absolute atomic E-state index is 0.201. The third-order valence-corrected chi connectivity index (χ3v) is 5.53. The van der Waals surface area contributed by atoms with E-state index in [1.807, 2.05) is 12.1 Å². The van der Waals surface area contributed by atoms with Crippen LogP contribution in [0.2, 0.25) is 0 Å². The first-order valence-electron chi connectivity index (χ1n) is 9.70. The summed E-state index contributed by atoms with van der Waals surface area (Å²) in [7, 11) is 0. The maximum atomic E-state index is 12.4. The minimum Gasteiger partial charge on any atom is -0.478 e. The summed E-state index contributed by atoms with van der Waals surface area (Å²) in [5.41, 5.74) is 3.63. The molecule has 4 rings (SSSR count). The number of nitrogens with zero attached hydrogens (tertiary/aromatic N) is 2. The summed E-state index contributed by atoms with van der Waals surface area (Å²) in [5.74, 6) is -1.32. The third kappa shape index (κ3) is 3.98.